The predicted octanol–water partition coefficient (Wildman–Crippen LogP) is 4.73. The van der Waals surface area contributed by atoms with E-state index in [0.29, 0.717) is 0 Å². The standard InChI is InChI=1S/C20H12F7N3O2/c21-10-2-1-9(7-11(10)22)18-28-19(32-29-18)8-3-5-30(6-4-8)20(31)12-13(23)15(25)17(27)16(26)14(12)24/h1-2,7-8H,3-6H2. The van der Waals surface area contributed by atoms with Crippen molar-refractivity contribution >= 4 is 5.91 Å². The zero-order valence-corrected chi connectivity index (χ0v) is 15.9. The van der Waals surface area contributed by atoms with Crippen LogP contribution in [0.1, 0.15) is 35.0 Å². The molecule has 2 heterocycles. The summed E-state index contributed by atoms with van der Waals surface area (Å²) in [5.74, 6) is -14.8. The molecule has 0 bridgehead atoms. The molecule has 1 aliphatic rings. The summed E-state index contributed by atoms with van der Waals surface area (Å²) in [7, 11) is 0. The number of piperidine rings is 1. The van der Waals surface area contributed by atoms with Crippen molar-refractivity contribution in [2.45, 2.75) is 18.8 Å². The highest BCUT2D eigenvalue weighted by molar-refractivity contribution is 5.95. The lowest BCUT2D eigenvalue weighted by molar-refractivity contribution is 0.0691. The van der Waals surface area contributed by atoms with Crippen LogP contribution in [0.15, 0.2) is 22.7 Å². The second-order valence-electron chi connectivity index (χ2n) is 7.10. The smallest absolute Gasteiger partial charge is 0.260 e. The second kappa shape index (κ2) is 8.24. The minimum Gasteiger partial charge on any atom is -0.339 e. The lowest BCUT2D eigenvalue weighted by Gasteiger charge is -2.30. The van der Waals surface area contributed by atoms with Gasteiger partial charge in [0.05, 0.1) is 0 Å². The zero-order chi connectivity index (χ0) is 23.2. The van der Waals surface area contributed by atoms with E-state index in [0.717, 1.165) is 17.0 Å². The topological polar surface area (TPSA) is 59.2 Å². The van der Waals surface area contributed by atoms with Crippen LogP contribution in [0.2, 0.25) is 0 Å². The van der Waals surface area contributed by atoms with Crippen LogP contribution in [0, 0.1) is 40.7 Å². The van der Waals surface area contributed by atoms with Gasteiger partial charge in [0.1, 0.15) is 5.56 Å². The molecule has 0 radical (unpaired) electrons. The first-order chi connectivity index (χ1) is 15.2. The molecule has 168 valence electrons. The summed E-state index contributed by atoms with van der Waals surface area (Å²) in [4.78, 5) is 17.5. The van der Waals surface area contributed by atoms with Crippen LogP contribution in [-0.4, -0.2) is 34.0 Å². The maximum atomic E-state index is 13.9. The van der Waals surface area contributed by atoms with E-state index in [1.54, 1.807) is 0 Å². The van der Waals surface area contributed by atoms with Gasteiger partial charge in [0, 0.05) is 24.6 Å². The number of carbonyl (C=O) groups excluding carboxylic acids is 1. The van der Waals surface area contributed by atoms with Gasteiger partial charge in [0.15, 0.2) is 34.9 Å². The number of benzene rings is 2. The second-order valence-corrected chi connectivity index (χ2v) is 7.10. The van der Waals surface area contributed by atoms with Crippen molar-refractivity contribution in [1.82, 2.24) is 15.0 Å². The van der Waals surface area contributed by atoms with Crippen molar-refractivity contribution in [3.8, 4) is 11.4 Å². The Morgan fingerprint density at radius 2 is 1.47 bits per heavy atom. The van der Waals surface area contributed by atoms with Crippen LogP contribution in [0.4, 0.5) is 30.7 Å². The third-order valence-corrected chi connectivity index (χ3v) is 5.17. The molecule has 3 aromatic rings. The van der Waals surface area contributed by atoms with Crippen molar-refractivity contribution in [3.63, 3.8) is 0 Å². The number of aromatic nitrogens is 2. The Labute approximate surface area is 175 Å². The molecule has 2 aromatic carbocycles. The summed E-state index contributed by atoms with van der Waals surface area (Å²) in [6, 6.07) is 3.07. The number of hydrogen-bond donors (Lipinski definition) is 0. The van der Waals surface area contributed by atoms with Crippen LogP contribution in [0.5, 0.6) is 0 Å². The van der Waals surface area contributed by atoms with Gasteiger partial charge in [-0.1, -0.05) is 5.16 Å². The molecule has 1 aliphatic heterocycles. The maximum absolute atomic E-state index is 13.9. The summed E-state index contributed by atoms with van der Waals surface area (Å²) in [6.45, 7) is -0.155. The molecule has 1 amide bonds. The first-order valence-electron chi connectivity index (χ1n) is 9.28. The van der Waals surface area contributed by atoms with Gasteiger partial charge in [-0.15, -0.1) is 0 Å². The minimum atomic E-state index is -2.34. The average Bonchev–Trinajstić information content (AvgIpc) is 3.28. The van der Waals surface area contributed by atoms with Crippen molar-refractivity contribution in [2.24, 2.45) is 0 Å². The molecule has 0 unspecified atom stereocenters. The van der Waals surface area contributed by atoms with Crippen molar-refractivity contribution in [1.29, 1.82) is 0 Å². The summed E-state index contributed by atoms with van der Waals surface area (Å²) in [5.41, 5.74) is -1.34. The van der Waals surface area contributed by atoms with E-state index in [4.69, 9.17) is 4.52 Å². The molecular weight excluding hydrogens is 447 g/mol. The highest BCUT2D eigenvalue weighted by atomic mass is 19.2. The van der Waals surface area contributed by atoms with E-state index in [2.05, 4.69) is 10.1 Å². The lowest BCUT2D eigenvalue weighted by Crippen LogP contribution is -2.39. The SMILES string of the molecule is O=C(c1c(F)c(F)c(F)c(F)c1F)N1CCC(c2nc(-c3ccc(F)c(F)c3)no2)CC1. The number of rotatable bonds is 3. The Hall–Kier alpha value is -3.44. The van der Waals surface area contributed by atoms with Crippen LogP contribution >= 0.6 is 0 Å². The van der Waals surface area contributed by atoms with Gasteiger partial charge in [-0.3, -0.25) is 4.79 Å². The molecule has 0 N–H and O–H groups in total. The fourth-order valence-electron chi connectivity index (χ4n) is 3.43. The molecular formula is C20H12F7N3O2. The molecule has 32 heavy (non-hydrogen) atoms. The van der Waals surface area contributed by atoms with E-state index >= 15 is 0 Å². The van der Waals surface area contributed by atoms with Crippen molar-refractivity contribution < 1.29 is 40.1 Å². The molecule has 4 rings (SSSR count). The summed E-state index contributed by atoms with van der Waals surface area (Å²) in [5, 5.41) is 3.71. The number of carbonyl (C=O) groups is 1. The summed E-state index contributed by atoms with van der Waals surface area (Å²) in [6.07, 6.45) is 0.390. The Morgan fingerprint density at radius 3 is 2.06 bits per heavy atom. The van der Waals surface area contributed by atoms with Crippen molar-refractivity contribution in [3.05, 3.63) is 70.4 Å². The lowest BCUT2D eigenvalue weighted by atomic mass is 9.96. The monoisotopic (exact) mass is 459 g/mol. The molecule has 1 fully saturated rings. The van der Waals surface area contributed by atoms with Gasteiger partial charge in [0.2, 0.25) is 17.5 Å². The number of nitrogens with zero attached hydrogens (tertiary/aromatic N) is 3. The Balaban J connectivity index is 1.48. The van der Waals surface area contributed by atoms with Gasteiger partial charge >= 0.3 is 0 Å². The molecule has 0 atom stereocenters. The maximum Gasteiger partial charge on any atom is 0.260 e. The number of likely N-dealkylation sites (tertiary alicyclic amines) is 1. The van der Waals surface area contributed by atoms with E-state index < -0.39 is 52.2 Å². The van der Waals surface area contributed by atoms with Gasteiger partial charge < -0.3 is 9.42 Å². The molecule has 0 aliphatic carbocycles. The highest BCUT2D eigenvalue weighted by Crippen LogP contribution is 2.31. The zero-order valence-electron chi connectivity index (χ0n) is 15.9. The normalized spacial score (nSPS) is 14.8. The summed E-state index contributed by atoms with van der Waals surface area (Å²) < 4.78 is 99.4. The van der Waals surface area contributed by atoms with Gasteiger partial charge in [-0.2, -0.15) is 4.98 Å². The van der Waals surface area contributed by atoms with Crippen LogP contribution in [0.25, 0.3) is 11.4 Å². The fraction of sp³-hybridized carbons (Fsp3) is 0.250. The number of halogens is 7. The molecule has 0 spiro atoms. The van der Waals surface area contributed by atoms with Gasteiger partial charge in [0.25, 0.3) is 5.91 Å². The molecule has 12 heteroatoms. The van der Waals surface area contributed by atoms with Crippen molar-refractivity contribution in [2.75, 3.05) is 13.1 Å². The quantitative estimate of drug-likeness (QED) is 0.323. The third-order valence-electron chi connectivity index (χ3n) is 5.17. The molecule has 1 aromatic heterocycles. The first kappa shape index (κ1) is 21.8. The molecule has 5 nitrogen and oxygen atoms in total. The van der Waals surface area contributed by atoms with Gasteiger partial charge in [-0.05, 0) is 31.0 Å². The van der Waals surface area contributed by atoms with E-state index in [9.17, 15) is 35.5 Å². The Bertz CT molecular complexity index is 1180. The largest absolute Gasteiger partial charge is 0.339 e. The Morgan fingerprint density at radius 1 is 0.875 bits per heavy atom. The van der Waals surface area contributed by atoms with Crippen LogP contribution < -0.4 is 0 Å². The van der Waals surface area contributed by atoms with E-state index in [1.807, 2.05) is 0 Å². The van der Waals surface area contributed by atoms with Crippen LogP contribution in [-0.2, 0) is 0 Å². The Kier molecular flexibility index (Phi) is 5.61. The van der Waals surface area contributed by atoms with Gasteiger partial charge in [-0.25, -0.2) is 30.7 Å². The van der Waals surface area contributed by atoms with Crippen LogP contribution in [0.3, 0.4) is 0 Å². The first-order valence-corrected chi connectivity index (χ1v) is 9.28. The highest BCUT2D eigenvalue weighted by Gasteiger charge is 2.34. The third kappa shape index (κ3) is 3.69. The minimum absolute atomic E-state index is 0.0128. The summed E-state index contributed by atoms with van der Waals surface area (Å²) >= 11 is 0. The van der Waals surface area contributed by atoms with E-state index in [1.165, 1.54) is 6.07 Å². The molecule has 1 saturated heterocycles. The average molecular weight is 459 g/mol. The fourth-order valence-corrected chi connectivity index (χ4v) is 3.43. The number of hydrogen-bond acceptors (Lipinski definition) is 4. The molecule has 0 saturated carbocycles. The predicted molar refractivity (Wildman–Crippen MR) is 93.8 cm³/mol. The van der Waals surface area contributed by atoms with E-state index in [-0.39, 0.29) is 49.1 Å². The number of amides is 1.